The van der Waals surface area contributed by atoms with Crippen LogP contribution in [0, 0.1) is 6.92 Å². The first-order chi connectivity index (χ1) is 9.75. The van der Waals surface area contributed by atoms with Gasteiger partial charge in [-0.25, -0.2) is 0 Å². The van der Waals surface area contributed by atoms with E-state index in [1.807, 2.05) is 6.92 Å². The molecule has 0 aromatic heterocycles. The predicted molar refractivity (Wildman–Crippen MR) is 80.3 cm³/mol. The highest BCUT2D eigenvalue weighted by Gasteiger charge is 2.23. The maximum atomic E-state index is 11.7. The third kappa shape index (κ3) is 5.71. The third-order valence-electron chi connectivity index (χ3n) is 2.72. The van der Waals surface area contributed by atoms with Gasteiger partial charge in [0.25, 0.3) is 0 Å². The fraction of sp³-hybridized carbons (Fsp3) is 0.429. The number of benzene rings is 1. The molecule has 0 radical (unpaired) electrons. The lowest BCUT2D eigenvalue weighted by Gasteiger charge is -2.22. The average molecular weight is 315 g/mol. The molecule has 1 aromatic rings. The van der Waals surface area contributed by atoms with E-state index in [9.17, 15) is 14.7 Å². The van der Waals surface area contributed by atoms with E-state index in [0.29, 0.717) is 10.7 Å². The zero-order valence-corrected chi connectivity index (χ0v) is 13.0. The lowest BCUT2D eigenvalue weighted by Crippen LogP contribution is -2.46. The summed E-state index contributed by atoms with van der Waals surface area (Å²) in [6, 6.07) is 4.94. The maximum Gasteiger partial charge on any atom is 0.313 e. The van der Waals surface area contributed by atoms with Crippen LogP contribution in [0.1, 0.15) is 12.5 Å². The number of aliphatic hydroxyl groups is 1. The minimum Gasteiger partial charge on any atom is -0.386 e. The van der Waals surface area contributed by atoms with Gasteiger partial charge in [0.05, 0.1) is 6.61 Å². The number of aryl methyl sites for hydroxylation is 1. The molecule has 1 rings (SSSR count). The number of carbonyl (C=O) groups excluding carboxylic acids is 2. The summed E-state index contributed by atoms with van der Waals surface area (Å²) in [7, 11) is 1.43. The van der Waals surface area contributed by atoms with Crippen LogP contribution in [0.15, 0.2) is 18.2 Å². The lowest BCUT2D eigenvalue weighted by atomic mass is 10.1. The Bertz CT molecular complexity index is 532. The lowest BCUT2D eigenvalue weighted by molar-refractivity contribution is -0.137. The summed E-state index contributed by atoms with van der Waals surface area (Å²) in [5.41, 5.74) is 0.0573. The van der Waals surface area contributed by atoms with Crippen molar-refractivity contribution in [3.63, 3.8) is 0 Å². The van der Waals surface area contributed by atoms with E-state index in [2.05, 4.69) is 10.6 Å². The Labute approximate surface area is 128 Å². The number of nitrogens with one attached hydrogen (secondary N) is 2. The molecule has 0 aliphatic heterocycles. The Hall–Kier alpha value is -1.63. The normalized spacial score (nSPS) is 13.4. The van der Waals surface area contributed by atoms with Gasteiger partial charge in [-0.3, -0.25) is 9.59 Å². The smallest absolute Gasteiger partial charge is 0.313 e. The highest BCUT2D eigenvalue weighted by atomic mass is 35.5. The van der Waals surface area contributed by atoms with Crippen molar-refractivity contribution < 1.29 is 19.4 Å². The van der Waals surface area contributed by atoms with E-state index in [-0.39, 0.29) is 13.2 Å². The Morgan fingerprint density at radius 1 is 1.38 bits per heavy atom. The van der Waals surface area contributed by atoms with Crippen LogP contribution in [0.3, 0.4) is 0 Å². The van der Waals surface area contributed by atoms with Crippen LogP contribution in [0.5, 0.6) is 0 Å². The second-order valence-corrected chi connectivity index (χ2v) is 5.44. The Kier molecular flexibility index (Phi) is 6.14. The monoisotopic (exact) mass is 314 g/mol. The molecule has 0 saturated carbocycles. The van der Waals surface area contributed by atoms with Crippen LogP contribution in [0.4, 0.5) is 5.69 Å². The van der Waals surface area contributed by atoms with Gasteiger partial charge in [-0.15, -0.1) is 0 Å². The first kappa shape index (κ1) is 17.4. The van der Waals surface area contributed by atoms with Crippen LogP contribution < -0.4 is 10.6 Å². The number of methoxy groups -OCH3 is 1. The second-order valence-electron chi connectivity index (χ2n) is 5.03. The molecule has 0 heterocycles. The third-order valence-corrected chi connectivity index (χ3v) is 3.13. The zero-order chi connectivity index (χ0) is 16.0. The molecule has 0 aliphatic rings. The molecule has 1 aromatic carbocycles. The van der Waals surface area contributed by atoms with Crippen LogP contribution in [0.2, 0.25) is 5.02 Å². The molecule has 0 aliphatic carbocycles. The molecular weight excluding hydrogens is 296 g/mol. The predicted octanol–water partition coefficient (Wildman–Crippen LogP) is 1.10. The van der Waals surface area contributed by atoms with Crippen molar-refractivity contribution in [2.24, 2.45) is 0 Å². The Morgan fingerprint density at radius 2 is 2.05 bits per heavy atom. The topological polar surface area (TPSA) is 87.7 Å². The van der Waals surface area contributed by atoms with Crippen molar-refractivity contribution in [2.75, 3.05) is 25.6 Å². The highest BCUT2D eigenvalue weighted by molar-refractivity contribution is 6.39. The van der Waals surface area contributed by atoms with Gasteiger partial charge in [0.1, 0.15) is 5.60 Å². The van der Waals surface area contributed by atoms with Crippen LogP contribution >= 0.6 is 11.6 Å². The number of hydrogen-bond acceptors (Lipinski definition) is 4. The SMILES string of the molecule is COC[C@@](C)(O)CNC(=O)C(=O)Nc1ccc(C)c(Cl)c1. The molecule has 1 atom stereocenters. The zero-order valence-electron chi connectivity index (χ0n) is 12.2. The fourth-order valence-electron chi connectivity index (χ4n) is 1.57. The van der Waals surface area contributed by atoms with Crippen LogP contribution in [0.25, 0.3) is 0 Å². The standard InChI is InChI=1S/C14H19ClN2O4/c1-9-4-5-10(6-11(9)15)17-13(19)12(18)16-7-14(2,20)8-21-3/h4-6,20H,7-8H2,1-3H3,(H,16,18)(H,17,19)/t14-/m0/s1. The van der Waals surface area contributed by atoms with Gasteiger partial charge in [-0.1, -0.05) is 17.7 Å². The molecule has 116 valence electrons. The van der Waals surface area contributed by atoms with Gasteiger partial charge in [0, 0.05) is 24.4 Å². The van der Waals surface area contributed by atoms with E-state index in [4.69, 9.17) is 16.3 Å². The molecule has 7 heteroatoms. The van der Waals surface area contributed by atoms with Crippen LogP contribution in [-0.2, 0) is 14.3 Å². The first-order valence-electron chi connectivity index (χ1n) is 6.32. The molecule has 2 amide bonds. The molecule has 0 spiro atoms. The van der Waals surface area contributed by atoms with E-state index in [1.165, 1.54) is 14.0 Å². The molecule has 0 fully saturated rings. The highest BCUT2D eigenvalue weighted by Crippen LogP contribution is 2.19. The van der Waals surface area contributed by atoms with E-state index >= 15 is 0 Å². The molecular formula is C14H19ClN2O4. The largest absolute Gasteiger partial charge is 0.386 e. The van der Waals surface area contributed by atoms with Crippen molar-refractivity contribution in [2.45, 2.75) is 19.4 Å². The van der Waals surface area contributed by atoms with Gasteiger partial charge in [-0.2, -0.15) is 0 Å². The minimum atomic E-state index is -1.24. The van der Waals surface area contributed by atoms with Crippen molar-refractivity contribution >= 4 is 29.1 Å². The number of carbonyl (C=O) groups is 2. The molecule has 0 bridgehead atoms. The minimum absolute atomic E-state index is 0.0441. The number of anilines is 1. The number of ether oxygens (including phenoxy) is 1. The van der Waals surface area contributed by atoms with Crippen molar-refractivity contribution in [1.82, 2.24) is 5.32 Å². The molecule has 0 saturated heterocycles. The van der Waals surface area contributed by atoms with E-state index in [0.717, 1.165) is 5.56 Å². The summed E-state index contributed by atoms with van der Waals surface area (Å²) in [6.45, 7) is 3.27. The number of hydrogen-bond donors (Lipinski definition) is 3. The van der Waals surface area contributed by atoms with Crippen molar-refractivity contribution in [3.05, 3.63) is 28.8 Å². The number of amides is 2. The molecule has 0 unspecified atom stereocenters. The van der Waals surface area contributed by atoms with Gasteiger partial charge in [0.15, 0.2) is 0 Å². The Balaban J connectivity index is 2.55. The van der Waals surface area contributed by atoms with E-state index < -0.39 is 17.4 Å². The average Bonchev–Trinajstić information content (AvgIpc) is 2.40. The summed E-state index contributed by atoms with van der Waals surface area (Å²) in [5, 5.41) is 15.1. The fourth-order valence-corrected chi connectivity index (χ4v) is 1.75. The maximum absolute atomic E-state index is 11.7. The quantitative estimate of drug-likeness (QED) is 0.710. The first-order valence-corrected chi connectivity index (χ1v) is 6.69. The summed E-state index contributed by atoms with van der Waals surface area (Å²) in [6.07, 6.45) is 0. The summed E-state index contributed by atoms with van der Waals surface area (Å²) < 4.78 is 4.80. The summed E-state index contributed by atoms with van der Waals surface area (Å²) in [5.74, 6) is -1.67. The van der Waals surface area contributed by atoms with Gasteiger partial charge >= 0.3 is 11.8 Å². The summed E-state index contributed by atoms with van der Waals surface area (Å²) in [4.78, 5) is 23.3. The molecule has 21 heavy (non-hydrogen) atoms. The Morgan fingerprint density at radius 3 is 2.62 bits per heavy atom. The van der Waals surface area contributed by atoms with Crippen molar-refractivity contribution in [3.8, 4) is 0 Å². The van der Waals surface area contributed by atoms with Gasteiger partial charge < -0.3 is 20.5 Å². The number of halogens is 1. The van der Waals surface area contributed by atoms with Gasteiger partial charge in [-0.05, 0) is 31.5 Å². The summed E-state index contributed by atoms with van der Waals surface area (Å²) >= 11 is 5.93. The second kappa shape index (κ2) is 7.40. The van der Waals surface area contributed by atoms with E-state index in [1.54, 1.807) is 18.2 Å². The number of rotatable bonds is 5. The molecule has 6 nitrogen and oxygen atoms in total. The van der Waals surface area contributed by atoms with Crippen molar-refractivity contribution in [1.29, 1.82) is 0 Å². The van der Waals surface area contributed by atoms with Crippen LogP contribution in [-0.4, -0.2) is 42.8 Å². The van der Waals surface area contributed by atoms with Gasteiger partial charge in [0.2, 0.25) is 0 Å². The molecule has 3 N–H and O–H groups in total.